The molecule has 100 valence electrons. The number of sulfonamides is 1. The molecular weight excluding hydrogens is 278 g/mol. The maximum atomic E-state index is 11.8. The van der Waals surface area contributed by atoms with Gasteiger partial charge in [-0.2, -0.15) is 0 Å². The molecule has 0 saturated carbocycles. The van der Waals surface area contributed by atoms with Gasteiger partial charge in [-0.05, 0) is 31.5 Å². The summed E-state index contributed by atoms with van der Waals surface area (Å²) in [6, 6.07) is 3.51. The molecule has 1 N–H and O–H groups in total. The maximum absolute atomic E-state index is 11.8. The molecule has 1 aromatic carbocycles. The minimum absolute atomic E-state index is 0.278. The Hall–Kier alpha value is -1.27. The van der Waals surface area contributed by atoms with E-state index in [-0.39, 0.29) is 5.69 Å². The number of aliphatic carboxylic acids is 1. The summed E-state index contributed by atoms with van der Waals surface area (Å²) in [5.74, 6) is -1.22. The number of nitrogens with zero attached hydrogens (tertiary/aromatic N) is 1. The van der Waals surface area contributed by atoms with Crippen molar-refractivity contribution in [2.75, 3.05) is 10.6 Å². The molecule has 1 aromatic rings. The molecule has 0 aromatic heterocycles. The van der Waals surface area contributed by atoms with Crippen LogP contribution < -0.4 is 4.31 Å². The van der Waals surface area contributed by atoms with Gasteiger partial charge in [0.05, 0.1) is 11.9 Å². The fourth-order valence-electron chi connectivity index (χ4n) is 1.59. The van der Waals surface area contributed by atoms with Crippen molar-refractivity contribution in [2.45, 2.75) is 19.9 Å². The molecule has 18 heavy (non-hydrogen) atoms. The van der Waals surface area contributed by atoms with Crippen molar-refractivity contribution in [3.63, 3.8) is 0 Å². The van der Waals surface area contributed by atoms with Crippen LogP contribution in [0.5, 0.6) is 0 Å². The SMILES string of the molecule is Cc1ccc(Cl)cc1N([C@@H](C)C(=O)O)S(C)(=O)=O. The summed E-state index contributed by atoms with van der Waals surface area (Å²) in [5, 5.41) is 9.35. The average molecular weight is 292 g/mol. The normalized spacial score (nSPS) is 13.1. The van der Waals surface area contributed by atoms with E-state index in [0.717, 1.165) is 10.6 Å². The minimum atomic E-state index is -3.71. The lowest BCUT2D eigenvalue weighted by atomic mass is 10.2. The third kappa shape index (κ3) is 3.14. The lowest BCUT2D eigenvalue weighted by Crippen LogP contribution is -2.43. The zero-order valence-electron chi connectivity index (χ0n) is 10.2. The van der Waals surface area contributed by atoms with Crippen LogP contribution in [0.4, 0.5) is 5.69 Å². The summed E-state index contributed by atoms with van der Waals surface area (Å²) in [4.78, 5) is 11.0. The molecule has 7 heteroatoms. The van der Waals surface area contributed by atoms with Crippen LogP contribution in [-0.4, -0.2) is 31.8 Å². The van der Waals surface area contributed by atoms with Crippen molar-refractivity contribution in [2.24, 2.45) is 0 Å². The number of halogens is 1. The van der Waals surface area contributed by atoms with Gasteiger partial charge in [0.1, 0.15) is 6.04 Å². The summed E-state index contributed by atoms with van der Waals surface area (Å²) in [6.07, 6.45) is 0.965. The van der Waals surface area contributed by atoms with Crippen molar-refractivity contribution in [1.82, 2.24) is 0 Å². The number of benzene rings is 1. The Morgan fingerprint density at radius 1 is 1.44 bits per heavy atom. The third-order valence-electron chi connectivity index (χ3n) is 2.48. The predicted molar refractivity (Wildman–Crippen MR) is 70.6 cm³/mol. The number of carboxylic acids is 1. The summed E-state index contributed by atoms with van der Waals surface area (Å²) < 4.78 is 24.4. The molecule has 1 atom stereocenters. The van der Waals surface area contributed by atoms with Crippen LogP contribution >= 0.6 is 11.6 Å². The first-order chi connectivity index (χ1) is 8.14. The third-order valence-corrected chi connectivity index (χ3v) is 3.94. The number of anilines is 1. The van der Waals surface area contributed by atoms with Crippen LogP contribution in [0.3, 0.4) is 0 Å². The van der Waals surface area contributed by atoms with Gasteiger partial charge in [0.2, 0.25) is 10.0 Å². The van der Waals surface area contributed by atoms with Gasteiger partial charge < -0.3 is 5.11 Å². The molecule has 0 radical (unpaired) electrons. The van der Waals surface area contributed by atoms with E-state index < -0.39 is 22.0 Å². The van der Waals surface area contributed by atoms with E-state index in [1.165, 1.54) is 13.0 Å². The molecule has 1 rings (SSSR count). The first-order valence-corrected chi connectivity index (χ1v) is 7.35. The van der Waals surface area contributed by atoms with Crippen LogP contribution in [-0.2, 0) is 14.8 Å². The van der Waals surface area contributed by atoms with Crippen molar-refractivity contribution in [3.05, 3.63) is 28.8 Å². The number of carbonyl (C=O) groups is 1. The van der Waals surface area contributed by atoms with Crippen LogP contribution in [0.15, 0.2) is 18.2 Å². The highest BCUT2D eigenvalue weighted by Gasteiger charge is 2.29. The zero-order valence-corrected chi connectivity index (χ0v) is 11.8. The Bertz CT molecular complexity index is 570. The van der Waals surface area contributed by atoms with Gasteiger partial charge in [-0.15, -0.1) is 0 Å². The molecule has 0 aliphatic carbocycles. The molecule has 0 bridgehead atoms. The molecule has 0 aliphatic heterocycles. The standard InChI is InChI=1S/C11H14ClNO4S/c1-7-4-5-9(12)6-10(7)13(18(3,16)17)8(2)11(14)15/h4-6,8H,1-3H3,(H,14,15)/t8-/m0/s1. The van der Waals surface area contributed by atoms with Crippen molar-refractivity contribution in [3.8, 4) is 0 Å². The van der Waals surface area contributed by atoms with Crippen LogP contribution in [0.2, 0.25) is 5.02 Å². The molecular formula is C11H14ClNO4S. The van der Waals surface area contributed by atoms with Crippen LogP contribution in [0.25, 0.3) is 0 Å². The Balaban J connectivity index is 3.45. The van der Waals surface area contributed by atoms with Crippen LogP contribution in [0.1, 0.15) is 12.5 Å². The molecule has 0 fully saturated rings. The molecule has 0 unspecified atom stereocenters. The predicted octanol–water partition coefficient (Wildman–Crippen LogP) is 1.89. The summed E-state index contributed by atoms with van der Waals surface area (Å²) in [7, 11) is -3.71. The van der Waals surface area contributed by atoms with E-state index in [2.05, 4.69) is 0 Å². The van der Waals surface area contributed by atoms with Gasteiger partial charge in [0, 0.05) is 5.02 Å². The van der Waals surface area contributed by atoms with Gasteiger partial charge in [-0.25, -0.2) is 13.2 Å². The highest BCUT2D eigenvalue weighted by atomic mass is 35.5. The van der Waals surface area contributed by atoms with Gasteiger partial charge in [0.15, 0.2) is 0 Å². The Labute approximate surface area is 111 Å². The van der Waals surface area contributed by atoms with Crippen molar-refractivity contribution >= 4 is 33.3 Å². The van der Waals surface area contributed by atoms with E-state index in [9.17, 15) is 13.2 Å². The zero-order chi connectivity index (χ0) is 14.1. The topological polar surface area (TPSA) is 74.7 Å². The number of hydrogen-bond donors (Lipinski definition) is 1. The van der Waals surface area contributed by atoms with E-state index in [4.69, 9.17) is 16.7 Å². The number of aryl methyl sites for hydroxylation is 1. The highest BCUT2D eigenvalue weighted by molar-refractivity contribution is 7.92. The molecule has 5 nitrogen and oxygen atoms in total. The second-order valence-electron chi connectivity index (χ2n) is 4.00. The minimum Gasteiger partial charge on any atom is -0.480 e. The first kappa shape index (κ1) is 14.8. The lowest BCUT2D eigenvalue weighted by molar-refractivity contribution is -0.137. The number of carboxylic acid groups (broad SMARTS) is 1. The Morgan fingerprint density at radius 3 is 2.44 bits per heavy atom. The molecule has 0 heterocycles. The Morgan fingerprint density at radius 2 is 2.00 bits per heavy atom. The van der Waals surface area contributed by atoms with Gasteiger partial charge in [-0.3, -0.25) is 4.31 Å². The smallest absolute Gasteiger partial charge is 0.327 e. The van der Waals surface area contributed by atoms with E-state index in [1.54, 1.807) is 19.1 Å². The Kier molecular flexibility index (Phi) is 4.24. The van der Waals surface area contributed by atoms with Crippen LogP contribution in [0, 0.1) is 6.92 Å². The largest absolute Gasteiger partial charge is 0.480 e. The second-order valence-corrected chi connectivity index (χ2v) is 6.30. The number of hydrogen-bond acceptors (Lipinski definition) is 3. The van der Waals surface area contributed by atoms with E-state index in [0.29, 0.717) is 10.6 Å². The lowest BCUT2D eigenvalue weighted by Gasteiger charge is -2.27. The first-order valence-electron chi connectivity index (χ1n) is 5.13. The second kappa shape index (κ2) is 5.16. The molecule has 0 amide bonds. The fourth-order valence-corrected chi connectivity index (χ4v) is 2.98. The highest BCUT2D eigenvalue weighted by Crippen LogP contribution is 2.28. The molecule has 0 saturated heterocycles. The number of rotatable bonds is 4. The fraction of sp³-hybridized carbons (Fsp3) is 0.364. The monoisotopic (exact) mass is 291 g/mol. The van der Waals surface area contributed by atoms with E-state index >= 15 is 0 Å². The molecule has 0 aliphatic rings. The van der Waals surface area contributed by atoms with E-state index in [1.807, 2.05) is 0 Å². The van der Waals surface area contributed by atoms with Gasteiger partial charge in [0.25, 0.3) is 0 Å². The van der Waals surface area contributed by atoms with Gasteiger partial charge in [-0.1, -0.05) is 17.7 Å². The summed E-state index contributed by atoms with van der Waals surface area (Å²) in [6.45, 7) is 3.00. The summed E-state index contributed by atoms with van der Waals surface area (Å²) in [5.41, 5.74) is 0.915. The average Bonchev–Trinajstić information content (AvgIpc) is 2.21. The van der Waals surface area contributed by atoms with Gasteiger partial charge >= 0.3 is 5.97 Å². The summed E-state index contributed by atoms with van der Waals surface area (Å²) >= 11 is 5.83. The quantitative estimate of drug-likeness (QED) is 0.919. The van der Waals surface area contributed by atoms with Crippen molar-refractivity contribution in [1.29, 1.82) is 0 Å². The maximum Gasteiger partial charge on any atom is 0.327 e. The molecule has 0 spiro atoms. The van der Waals surface area contributed by atoms with Crippen molar-refractivity contribution < 1.29 is 18.3 Å².